The lowest BCUT2D eigenvalue weighted by Gasteiger charge is -2.46. The van der Waals surface area contributed by atoms with Crippen LogP contribution in [0, 0.1) is 132 Å². The minimum atomic E-state index is -0.312. The first-order chi connectivity index (χ1) is 53.1. The molecule has 0 N–H and O–H groups in total. The van der Waals surface area contributed by atoms with Crippen LogP contribution in [0.15, 0.2) is 0 Å². The fraction of sp³-hybridized carbons (Fsp3) is 0.906. The summed E-state index contributed by atoms with van der Waals surface area (Å²) in [5, 5.41) is 0. The quantitative estimate of drug-likeness (QED) is 0.162. The van der Waals surface area contributed by atoms with Crippen molar-refractivity contribution in [3.05, 3.63) is 0 Å². The normalized spacial score (nSPS) is 40.3. The lowest BCUT2D eigenvalue weighted by atomic mass is 9.60. The van der Waals surface area contributed by atoms with Gasteiger partial charge in [0.05, 0.1) is 66.5 Å². The Hall–Kier alpha value is -4.77. The largest absolute Gasteiger partial charge is 0.465 e. The van der Waals surface area contributed by atoms with Crippen molar-refractivity contribution in [1.82, 2.24) is 0 Å². The maximum absolute atomic E-state index is 11.8. The van der Waals surface area contributed by atoms with Gasteiger partial charge in [0.2, 0.25) is 0 Å². The van der Waals surface area contributed by atoms with Crippen molar-refractivity contribution in [2.75, 3.05) is 13.2 Å². The van der Waals surface area contributed by atoms with Crippen LogP contribution in [0.1, 0.15) is 369 Å². The van der Waals surface area contributed by atoms with Crippen molar-refractivity contribution in [3.63, 3.8) is 0 Å². The van der Waals surface area contributed by atoms with Crippen LogP contribution in [0.4, 0.5) is 0 Å². The molecule has 0 aromatic heterocycles. The summed E-state index contributed by atoms with van der Waals surface area (Å²) in [7, 11) is 0. The first-order valence-electron chi connectivity index (χ1n) is 45.9. The van der Waals surface area contributed by atoms with Crippen LogP contribution in [0.5, 0.6) is 0 Å². The van der Waals surface area contributed by atoms with Gasteiger partial charge in [-0.2, -0.15) is 0 Å². The molecule has 24 fully saturated rings. The van der Waals surface area contributed by atoms with Gasteiger partial charge in [0.1, 0.15) is 41.7 Å². The first kappa shape index (κ1) is 98.1. The Kier molecular flexibility index (Phi) is 33.0. The fourth-order valence-electron chi connectivity index (χ4n) is 23.3. The minimum absolute atomic E-state index is 0.00984. The Balaban J connectivity index is 0.000000197. The van der Waals surface area contributed by atoms with Crippen molar-refractivity contribution in [1.29, 1.82) is 0 Å². The van der Waals surface area contributed by atoms with Crippen molar-refractivity contribution >= 4 is 53.7 Å². The van der Waals surface area contributed by atoms with Crippen molar-refractivity contribution in [2.45, 2.75) is 410 Å². The number of carbonyl (C=O) groups excluding carboxylic acids is 9. The molecule has 0 amide bonds. The summed E-state index contributed by atoms with van der Waals surface area (Å²) in [4.78, 5) is 101. The average Bonchev–Trinajstić information content (AvgIpc) is 1.56. The summed E-state index contributed by atoms with van der Waals surface area (Å²) < 4.78 is 47.4. The second-order valence-corrected chi connectivity index (χ2v) is 42.1. The third kappa shape index (κ3) is 21.7. The second kappa shape index (κ2) is 38.3. The number of rotatable bonds is 0. The van der Waals surface area contributed by atoms with Gasteiger partial charge < -0.3 is 42.6 Å². The van der Waals surface area contributed by atoms with Gasteiger partial charge in [0.25, 0.3) is 0 Å². The Morgan fingerprint density at radius 3 is 1.31 bits per heavy atom. The van der Waals surface area contributed by atoms with Crippen LogP contribution in [0.2, 0.25) is 0 Å². The van der Waals surface area contributed by atoms with E-state index in [2.05, 4.69) is 90.0 Å². The molecular weight excluding hydrogens is 1440 g/mol. The Bertz CT molecular complexity index is 3200. The second-order valence-electron chi connectivity index (χ2n) is 42.1. The molecule has 18 heteroatoms. The highest BCUT2D eigenvalue weighted by molar-refractivity contribution is 5.80. The summed E-state index contributed by atoms with van der Waals surface area (Å²) in [5.74, 6) is 7.97. The zero-order valence-electron chi connectivity index (χ0n) is 77.7. The van der Waals surface area contributed by atoms with Gasteiger partial charge in [0, 0.05) is 38.4 Å². The molecule has 20 bridgehead atoms. The topological polar surface area (TPSA) is 237 Å². The van der Waals surface area contributed by atoms with Gasteiger partial charge in [-0.3, -0.25) is 43.2 Å². The molecule has 0 aromatic carbocycles. The number of ether oxygens (including phenoxy) is 9. The molecule has 13 saturated heterocycles. The monoisotopic (exact) mass is 1610 g/mol. The highest BCUT2D eigenvalue weighted by Gasteiger charge is 2.67. The molecule has 0 spiro atoms. The summed E-state index contributed by atoms with van der Waals surface area (Å²) >= 11 is 0. The van der Waals surface area contributed by atoms with Crippen molar-refractivity contribution < 1.29 is 85.8 Å². The third-order valence-electron chi connectivity index (χ3n) is 30.5. The predicted molar refractivity (Wildman–Crippen MR) is 446 cm³/mol. The molecule has 13 aliphatic heterocycles. The van der Waals surface area contributed by atoms with E-state index in [0.717, 1.165) is 145 Å². The van der Waals surface area contributed by atoms with Crippen LogP contribution in [-0.4, -0.2) is 109 Å². The molecule has 0 aromatic rings. The number of esters is 9. The van der Waals surface area contributed by atoms with E-state index in [1.54, 1.807) is 0 Å². The van der Waals surface area contributed by atoms with Gasteiger partial charge in [-0.25, -0.2) is 0 Å². The maximum atomic E-state index is 11.8. The van der Waals surface area contributed by atoms with Crippen LogP contribution < -0.4 is 0 Å². The molecule has 24 rings (SSSR count). The van der Waals surface area contributed by atoms with Gasteiger partial charge >= 0.3 is 53.7 Å². The van der Waals surface area contributed by atoms with E-state index in [4.69, 9.17) is 42.6 Å². The van der Waals surface area contributed by atoms with E-state index < -0.39 is 0 Å². The molecule has 18 atom stereocenters. The number of carbonyl (C=O) groups is 9. The highest BCUT2D eigenvalue weighted by atomic mass is 16.6. The van der Waals surface area contributed by atoms with Gasteiger partial charge in [-0.1, -0.05) is 173 Å². The molecule has 13 heterocycles. The van der Waals surface area contributed by atoms with E-state index in [1.807, 2.05) is 125 Å². The van der Waals surface area contributed by atoms with Crippen LogP contribution in [0.3, 0.4) is 0 Å². The standard InChI is InChI=1S/3C11H16O2.2C10H14O2.C9H14O2.2C8H14O2.C6H10O2.6C2H6/c1-11-5-7-2-8(6-11)4-9(3-7)13-10(11)12;1-11-5-7-2-8(6-11)4-9(3-7)10(12)13-11;1-11-4-7-2-8(5-11)10(12)13-9(3-7)6-11;1-10(2)5-3-6-7(4-5)9(11)12-8(6)10;1-10(2)7-4-5-3-6(7)9(11)12-8(5)10;1-9(2)4-3-6-5-7(9)11-8(6)10;1-7(2)5-10-6(9)8(7,3)4;1-7(2)5-6(9)10-8(7,3)4;1-6(2)3-5(7)8-4-6;6*1-2/h3*7-9H,2-6H2,1H3;2*5-8H,3-4H2,1-2H3;6-7H,3-5H2,1-2H3;2*5H2,1-4H3;3-4H2,1-2H3;6*1-2H3. The van der Waals surface area contributed by atoms with E-state index in [0.29, 0.717) is 49.2 Å². The third-order valence-corrected chi connectivity index (χ3v) is 30.5. The Labute approximate surface area is 691 Å². The van der Waals surface area contributed by atoms with Crippen molar-refractivity contribution in [3.8, 4) is 0 Å². The smallest absolute Gasteiger partial charge is 0.312 e. The molecule has 11 saturated carbocycles. The lowest BCUT2D eigenvalue weighted by molar-refractivity contribution is -0.187. The lowest BCUT2D eigenvalue weighted by Crippen LogP contribution is -2.51. The van der Waals surface area contributed by atoms with Gasteiger partial charge in [-0.15, -0.1) is 0 Å². The molecule has 656 valence electrons. The molecule has 18 nitrogen and oxygen atoms in total. The summed E-state index contributed by atoms with van der Waals surface area (Å²) in [5.41, 5.74) is 0.414. The maximum Gasteiger partial charge on any atom is 0.312 e. The molecular formula is C96H164O18. The average molecular weight is 1610 g/mol. The summed E-state index contributed by atoms with van der Waals surface area (Å²) in [6.45, 7) is 65.1. The molecule has 24 aliphatic rings. The van der Waals surface area contributed by atoms with E-state index >= 15 is 0 Å². The summed E-state index contributed by atoms with van der Waals surface area (Å²) in [6.07, 6.45) is 27.4. The minimum Gasteiger partial charge on any atom is -0.465 e. The zero-order valence-corrected chi connectivity index (χ0v) is 77.7. The van der Waals surface area contributed by atoms with E-state index in [9.17, 15) is 43.2 Å². The van der Waals surface area contributed by atoms with E-state index in [-0.39, 0.29) is 168 Å². The highest BCUT2D eigenvalue weighted by Crippen LogP contribution is 2.65. The van der Waals surface area contributed by atoms with Crippen molar-refractivity contribution in [2.24, 2.45) is 132 Å². The Morgan fingerprint density at radius 1 is 0.360 bits per heavy atom. The zero-order chi connectivity index (χ0) is 86.4. The van der Waals surface area contributed by atoms with Gasteiger partial charge in [0.15, 0.2) is 0 Å². The van der Waals surface area contributed by atoms with E-state index in [1.165, 1.54) is 32.1 Å². The Morgan fingerprint density at radius 2 is 0.886 bits per heavy atom. The SMILES string of the molecule is CC.CC.CC.CC.CC.CC.CC1(C)C2CC3C(=O)OC1C3C2.CC1(C)C2CC3CC2C(=O)OC31.CC1(C)CC(=O)OC1(C)C.CC1(C)CCC2CC1OC2=O.CC1(C)COC(=O)C1.CC1(C)COC(=O)C1(C)C.CC12CC3CC(C1)OC(=O)C(C3)C2.CC12CC3CC(CC(C3)C(=O)O1)C2.CC12CC3CC(CC(C3)OC1=O)C2. The number of hydrogen-bond acceptors (Lipinski definition) is 18. The number of fused-ring (bicyclic) bond motifs is 7. The molecule has 114 heavy (non-hydrogen) atoms. The van der Waals surface area contributed by atoms with Crippen LogP contribution in [0.25, 0.3) is 0 Å². The predicted octanol–water partition coefficient (Wildman–Crippen LogP) is 21.8. The van der Waals surface area contributed by atoms with Gasteiger partial charge in [-0.05, 0) is 236 Å². The fourth-order valence-corrected chi connectivity index (χ4v) is 23.3. The van der Waals surface area contributed by atoms with Crippen LogP contribution >= 0.6 is 0 Å². The van der Waals surface area contributed by atoms with Crippen LogP contribution in [-0.2, 0) is 85.8 Å². The number of cyclic esters (lactones) is 3. The molecule has 11 aliphatic carbocycles. The molecule has 18 unspecified atom stereocenters. The summed E-state index contributed by atoms with van der Waals surface area (Å²) in [6, 6.07) is 0. The first-order valence-corrected chi connectivity index (χ1v) is 45.9. The molecule has 0 radical (unpaired) electrons. The number of hydrogen-bond donors (Lipinski definition) is 0.